The van der Waals surface area contributed by atoms with Crippen molar-refractivity contribution in [3.63, 3.8) is 0 Å². The Morgan fingerprint density at radius 2 is 2.29 bits per heavy atom. The molecule has 10 heteroatoms. The van der Waals surface area contributed by atoms with E-state index in [1.54, 1.807) is 14.0 Å². The lowest BCUT2D eigenvalue weighted by Gasteiger charge is -2.08. The second kappa shape index (κ2) is 7.31. The van der Waals surface area contributed by atoms with E-state index in [0.717, 1.165) is 18.4 Å². The lowest BCUT2D eigenvalue weighted by molar-refractivity contribution is -0.113. The number of thioether (sulfide) groups is 1. The number of hydrogen-bond donors (Lipinski definition) is 1. The zero-order chi connectivity index (χ0) is 17.1. The van der Waals surface area contributed by atoms with Crippen LogP contribution in [0.1, 0.15) is 41.6 Å². The fraction of sp³-hybridized carbons (Fsp3) is 0.500. The first-order chi connectivity index (χ1) is 11.6. The Hall–Kier alpha value is -1.94. The van der Waals surface area contributed by atoms with Gasteiger partial charge in [0.15, 0.2) is 0 Å². The predicted molar refractivity (Wildman–Crippen MR) is 90.4 cm³/mol. The Morgan fingerprint density at radius 1 is 1.50 bits per heavy atom. The summed E-state index contributed by atoms with van der Waals surface area (Å²) in [5.41, 5.74) is 1.49. The van der Waals surface area contributed by atoms with Gasteiger partial charge in [-0.25, -0.2) is 9.48 Å². The van der Waals surface area contributed by atoms with Crippen LogP contribution in [0.4, 0.5) is 5.00 Å². The Bertz CT molecular complexity index is 753. The van der Waals surface area contributed by atoms with Gasteiger partial charge in [0.1, 0.15) is 5.00 Å². The van der Waals surface area contributed by atoms with Crippen molar-refractivity contribution in [3.05, 3.63) is 16.5 Å². The number of carbonyl (C=O) groups excluding carboxylic acids is 2. The van der Waals surface area contributed by atoms with Crippen LogP contribution in [0.3, 0.4) is 0 Å². The van der Waals surface area contributed by atoms with E-state index in [1.165, 1.54) is 27.8 Å². The number of hydrogen-bond acceptors (Lipinski definition) is 8. The van der Waals surface area contributed by atoms with Crippen LogP contribution in [0.25, 0.3) is 0 Å². The molecule has 1 fully saturated rings. The molecule has 2 aromatic heterocycles. The molecule has 0 spiro atoms. The summed E-state index contributed by atoms with van der Waals surface area (Å²) < 4.78 is 6.64. The lowest BCUT2D eigenvalue weighted by atomic mass is 10.1. The smallest absolute Gasteiger partial charge is 0.341 e. The van der Waals surface area contributed by atoms with Crippen LogP contribution in [0.2, 0.25) is 0 Å². The van der Waals surface area contributed by atoms with Crippen LogP contribution in [-0.4, -0.2) is 44.4 Å². The van der Waals surface area contributed by atoms with Crippen molar-refractivity contribution in [1.82, 2.24) is 20.2 Å². The number of nitrogens with zero attached hydrogens (tertiary/aromatic N) is 4. The number of esters is 1. The number of aromatic nitrogens is 4. The first-order valence-electron chi connectivity index (χ1n) is 7.53. The van der Waals surface area contributed by atoms with Gasteiger partial charge >= 0.3 is 5.97 Å². The number of ether oxygens (including phenoxy) is 1. The fourth-order valence-corrected chi connectivity index (χ4v) is 3.91. The number of carbonyl (C=O) groups is 2. The molecule has 0 aliphatic heterocycles. The first kappa shape index (κ1) is 16.9. The minimum Gasteiger partial charge on any atom is -0.462 e. The van der Waals surface area contributed by atoms with E-state index >= 15 is 0 Å². The molecule has 8 nitrogen and oxygen atoms in total. The Morgan fingerprint density at radius 3 is 2.92 bits per heavy atom. The number of amides is 1. The molecule has 0 bridgehead atoms. The van der Waals surface area contributed by atoms with E-state index in [1.807, 2.05) is 5.38 Å². The molecule has 1 N–H and O–H groups in total. The van der Waals surface area contributed by atoms with Gasteiger partial charge in [0, 0.05) is 7.05 Å². The van der Waals surface area contributed by atoms with E-state index < -0.39 is 0 Å². The number of thiophene rings is 1. The molecule has 1 aliphatic carbocycles. The van der Waals surface area contributed by atoms with Gasteiger partial charge in [0.25, 0.3) is 0 Å². The zero-order valence-electron chi connectivity index (χ0n) is 13.3. The van der Waals surface area contributed by atoms with Crippen molar-refractivity contribution in [2.24, 2.45) is 7.05 Å². The minimum atomic E-state index is -0.374. The van der Waals surface area contributed by atoms with Gasteiger partial charge in [-0.05, 0) is 47.1 Å². The molecule has 1 saturated carbocycles. The van der Waals surface area contributed by atoms with E-state index in [-0.39, 0.29) is 17.6 Å². The normalized spacial score (nSPS) is 13.8. The lowest BCUT2D eigenvalue weighted by Crippen LogP contribution is -2.17. The molecule has 0 atom stereocenters. The Balaban J connectivity index is 1.68. The SMILES string of the molecule is CCOC(=O)c1c(C2CC2)csc1NC(=O)CSc1nnnn1C. The Labute approximate surface area is 147 Å². The number of tetrazole rings is 1. The summed E-state index contributed by atoms with van der Waals surface area (Å²) in [5, 5.41) is 16.9. The quantitative estimate of drug-likeness (QED) is 0.590. The molecule has 3 rings (SSSR count). The molecule has 0 aromatic carbocycles. The van der Waals surface area contributed by atoms with Gasteiger partial charge in [0.05, 0.1) is 17.9 Å². The molecular formula is C14H17N5O3S2. The van der Waals surface area contributed by atoms with Gasteiger partial charge in [-0.1, -0.05) is 11.8 Å². The van der Waals surface area contributed by atoms with E-state index in [9.17, 15) is 9.59 Å². The average molecular weight is 367 g/mol. The molecular weight excluding hydrogens is 350 g/mol. The molecule has 2 heterocycles. The van der Waals surface area contributed by atoms with Crippen LogP contribution < -0.4 is 5.32 Å². The zero-order valence-corrected chi connectivity index (χ0v) is 14.9. The number of aryl methyl sites for hydroxylation is 1. The van der Waals surface area contributed by atoms with Crippen molar-refractivity contribution >= 4 is 40.0 Å². The van der Waals surface area contributed by atoms with Gasteiger partial charge in [-0.3, -0.25) is 4.79 Å². The van der Waals surface area contributed by atoms with Crippen molar-refractivity contribution < 1.29 is 14.3 Å². The minimum absolute atomic E-state index is 0.160. The molecule has 0 radical (unpaired) electrons. The van der Waals surface area contributed by atoms with Gasteiger partial charge < -0.3 is 10.1 Å². The van der Waals surface area contributed by atoms with Crippen molar-refractivity contribution in [3.8, 4) is 0 Å². The fourth-order valence-electron chi connectivity index (χ4n) is 2.21. The van der Waals surface area contributed by atoms with Gasteiger partial charge in [-0.2, -0.15) is 0 Å². The second-order valence-electron chi connectivity index (χ2n) is 5.31. The molecule has 0 saturated heterocycles. The molecule has 1 amide bonds. The number of nitrogens with one attached hydrogen (secondary N) is 1. The standard InChI is InChI=1S/C14H17N5O3S2/c1-3-22-13(21)11-9(8-4-5-8)6-23-12(11)15-10(20)7-24-14-16-17-18-19(14)2/h6,8H,3-5,7H2,1-2H3,(H,15,20). The molecule has 2 aromatic rings. The largest absolute Gasteiger partial charge is 0.462 e. The van der Waals surface area contributed by atoms with Crippen LogP contribution in [0, 0.1) is 0 Å². The summed E-state index contributed by atoms with van der Waals surface area (Å²) >= 11 is 2.60. The summed E-state index contributed by atoms with van der Waals surface area (Å²) in [4.78, 5) is 24.4. The highest BCUT2D eigenvalue weighted by atomic mass is 32.2. The highest BCUT2D eigenvalue weighted by molar-refractivity contribution is 7.99. The number of rotatable bonds is 7. The third-order valence-corrected chi connectivity index (χ3v) is 5.41. The Kier molecular flexibility index (Phi) is 5.14. The summed E-state index contributed by atoms with van der Waals surface area (Å²) in [5.74, 6) is -0.0168. The molecule has 1 aliphatic rings. The van der Waals surface area contributed by atoms with Gasteiger partial charge in [0.2, 0.25) is 11.1 Å². The van der Waals surface area contributed by atoms with E-state index in [0.29, 0.717) is 28.2 Å². The predicted octanol–water partition coefficient (Wildman–Crippen LogP) is 2.06. The van der Waals surface area contributed by atoms with Crippen LogP contribution in [-0.2, 0) is 16.6 Å². The van der Waals surface area contributed by atoms with Crippen LogP contribution >= 0.6 is 23.1 Å². The van der Waals surface area contributed by atoms with Crippen molar-refractivity contribution in [2.75, 3.05) is 17.7 Å². The van der Waals surface area contributed by atoms with Crippen LogP contribution in [0.5, 0.6) is 0 Å². The summed E-state index contributed by atoms with van der Waals surface area (Å²) in [6, 6.07) is 0. The van der Waals surface area contributed by atoms with E-state index in [4.69, 9.17) is 4.74 Å². The molecule has 0 unspecified atom stereocenters. The highest BCUT2D eigenvalue weighted by Crippen LogP contribution is 2.46. The topological polar surface area (TPSA) is 99.0 Å². The monoisotopic (exact) mass is 367 g/mol. The summed E-state index contributed by atoms with van der Waals surface area (Å²) in [6.45, 7) is 2.08. The van der Waals surface area contributed by atoms with Gasteiger partial charge in [-0.15, -0.1) is 16.4 Å². The third-order valence-electron chi connectivity index (χ3n) is 3.48. The first-order valence-corrected chi connectivity index (χ1v) is 9.40. The maximum absolute atomic E-state index is 12.2. The summed E-state index contributed by atoms with van der Waals surface area (Å²) in [7, 11) is 1.71. The average Bonchev–Trinajstić information content (AvgIpc) is 3.19. The van der Waals surface area contributed by atoms with Crippen LogP contribution in [0.15, 0.2) is 10.5 Å². The summed E-state index contributed by atoms with van der Waals surface area (Å²) in [6.07, 6.45) is 2.15. The second-order valence-corrected chi connectivity index (χ2v) is 7.13. The number of anilines is 1. The van der Waals surface area contributed by atoms with Crippen molar-refractivity contribution in [1.29, 1.82) is 0 Å². The van der Waals surface area contributed by atoms with Crippen molar-refractivity contribution in [2.45, 2.75) is 30.8 Å². The molecule has 128 valence electrons. The highest BCUT2D eigenvalue weighted by Gasteiger charge is 2.32. The maximum Gasteiger partial charge on any atom is 0.341 e. The van der Waals surface area contributed by atoms with E-state index in [2.05, 4.69) is 20.8 Å². The maximum atomic E-state index is 12.2. The molecule has 24 heavy (non-hydrogen) atoms. The third kappa shape index (κ3) is 3.75.